The minimum atomic E-state index is -1.05. The molecule has 100 valence electrons. The third kappa shape index (κ3) is 1.99. The van der Waals surface area contributed by atoms with E-state index in [0.29, 0.717) is 0 Å². The van der Waals surface area contributed by atoms with Gasteiger partial charge in [0.2, 0.25) is 0 Å². The molecule has 0 bridgehead atoms. The number of para-hydroxylation sites is 1. The largest absolute Gasteiger partial charge is 0.464 e. The van der Waals surface area contributed by atoms with Crippen molar-refractivity contribution in [3.05, 3.63) is 29.6 Å². The van der Waals surface area contributed by atoms with Gasteiger partial charge in [-0.25, -0.2) is 9.18 Å². The molecule has 1 atom stereocenters. The van der Waals surface area contributed by atoms with Crippen LogP contribution < -0.4 is 4.90 Å². The maximum atomic E-state index is 13.8. The zero-order valence-electron chi connectivity index (χ0n) is 10.5. The Morgan fingerprint density at radius 2 is 2.11 bits per heavy atom. The van der Waals surface area contributed by atoms with Crippen molar-refractivity contribution in [2.75, 3.05) is 11.5 Å². The minimum absolute atomic E-state index is 0.0267. The summed E-state index contributed by atoms with van der Waals surface area (Å²) < 4.78 is 18.6. The summed E-state index contributed by atoms with van der Waals surface area (Å²) in [4.78, 5) is 36.1. The normalized spacial score (nSPS) is 15.4. The highest BCUT2D eigenvalue weighted by molar-refractivity contribution is 6.52. The fourth-order valence-electron chi connectivity index (χ4n) is 2.01. The molecule has 0 radical (unpaired) electrons. The Balaban J connectivity index is 2.46. The third-order valence-corrected chi connectivity index (χ3v) is 2.90. The van der Waals surface area contributed by atoms with Gasteiger partial charge in [-0.2, -0.15) is 0 Å². The Morgan fingerprint density at radius 3 is 2.74 bits per heavy atom. The first-order chi connectivity index (χ1) is 8.99. The Hall–Kier alpha value is -2.24. The molecule has 1 amide bonds. The lowest BCUT2D eigenvalue weighted by Crippen LogP contribution is -2.43. The molecule has 1 aliphatic rings. The molecule has 0 aliphatic carbocycles. The third-order valence-electron chi connectivity index (χ3n) is 2.90. The van der Waals surface area contributed by atoms with Gasteiger partial charge >= 0.3 is 5.97 Å². The topological polar surface area (TPSA) is 63.7 Å². The van der Waals surface area contributed by atoms with E-state index in [-0.39, 0.29) is 17.9 Å². The molecule has 5 nitrogen and oxygen atoms in total. The number of carbonyl (C=O) groups excluding carboxylic acids is 3. The molecule has 0 aromatic heterocycles. The molecule has 19 heavy (non-hydrogen) atoms. The molecule has 1 aromatic carbocycles. The van der Waals surface area contributed by atoms with Gasteiger partial charge in [0, 0.05) is 0 Å². The van der Waals surface area contributed by atoms with E-state index in [1.807, 2.05) is 0 Å². The van der Waals surface area contributed by atoms with Crippen LogP contribution in [0.5, 0.6) is 0 Å². The van der Waals surface area contributed by atoms with Crippen molar-refractivity contribution in [3.63, 3.8) is 0 Å². The molecule has 0 spiro atoms. The van der Waals surface area contributed by atoms with Crippen LogP contribution in [0.1, 0.15) is 24.2 Å². The quantitative estimate of drug-likeness (QED) is 0.610. The number of amides is 1. The minimum Gasteiger partial charge on any atom is -0.464 e. The SMILES string of the molecule is CCOC(=O)C(C)N1C(=O)C(=O)c2cccc(F)c21. The summed E-state index contributed by atoms with van der Waals surface area (Å²) in [6.45, 7) is 3.16. The van der Waals surface area contributed by atoms with Crippen LogP contribution in [0.4, 0.5) is 10.1 Å². The first kappa shape index (κ1) is 13.2. The fourth-order valence-corrected chi connectivity index (χ4v) is 2.01. The summed E-state index contributed by atoms with van der Waals surface area (Å²) in [5, 5.41) is 0. The van der Waals surface area contributed by atoms with Gasteiger partial charge in [-0.3, -0.25) is 14.5 Å². The Labute approximate surface area is 109 Å². The van der Waals surface area contributed by atoms with E-state index in [4.69, 9.17) is 4.74 Å². The van der Waals surface area contributed by atoms with Gasteiger partial charge in [-0.15, -0.1) is 0 Å². The molecule has 0 fully saturated rings. The van der Waals surface area contributed by atoms with Gasteiger partial charge in [0.15, 0.2) is 0 Å². The van der Waals surface area contributed by atoms with Gasteiger partial charge in [0.1, 0.15) is 11.9 Å². The number of hydrogen-bond donors (Lipinski definition) is 0. The standard InChI is InChI=1S/C13H12FNO4/c1-3-19-13(18)7(2)15-10-8(11(16)12(15)17)5-4-6-9(10)14/h4-7H,3H2,1-2H3. The predicted octanol–water partition coefficient (Wildman–Crippen LogP) is 1.31. The maximum absolute atomic E-state index is 13.8. The summed E-state index contributed by atoms with van der Waals surface area (Å²) in [6.07, 6.45) is 0. The van der Waals surface area contributed by atoms with Gasteiger partial charge < -0.3 is 4.74 Å². The van der Waals surface area contributed by atoms with E-state index in [1.54, 1.807) is 6.92 Å². The molecule has 1 unspecified atom stereocenters. The Kier molecular flexibility index (Phi) is 3.33. The highest BCUT2D eigenvalue weighted by Gasteiger charge is 2.42. The second-order valence-corrected chi connectivity index (χ2v) is 4.07. The van der Waals surface area contributed by atoms with Crippen molar-refractivity contribution in [1.82, 2.24) is 0 Å². The molecule has 0 saturated heterocycles. The summed E-state index contributed by atoms with van der Waals surface area (Å²) in [5.41, 5.74) is -0.181. The van der Waals surface area contributed by atoms with Gasteiger partial charge in [-0.1, -0.05) is 6.07 Å². The first-order valence-corrected chi connectivity index (χ1v) is 5.82. The van der Waals surface area contributed by atoms with Crippen LogP contribution in [0, 0.1) is 5.82 Å². The lowest BCUT2D eigenvalue weighted by molar-refractivity contribution is -0.145. The summed E-state index contributed by atoms with van der Waals surface area (Å²) in [5.74, 6) is -3.13. The lowest BCUT2D eigenvalue weighted by Gasteiger charge is -2.22. The number of halogens is 1. The zero-order valence-corrected chi connectivity index (χ0v) is 10.5. The number of anilines is 1. The van der Waals surface area contributed by atoms with Crippen LogP contribution in [0.15, 0.2) is 18.2 Å². The van der Waals surface area contributed by atoms with Crippen molar-refractivity contribution < 1.29 is 23.5 Å². The molecule has 1 aliphatic heterocycles. The number of fused-ring (bicyclic) bond motifs is 1. The zero-order chi connectivity index (χ0) is 14.2. The fraction of sp³-hybridized carbons (Fsp3) is 0.308. The van der Waals surface area contributed by atoms with Crippen molar-refractivity contribution in [2.45, 2.75) is 19.9 Å². The van der Waals surface area contributed by atoms with Crippen LogP contribution in [-0.2, 0) is 14.3 Å². The molecular weight excluding hydrogens is 253 g/mol. The first-order valence-electron chi connectivity index (χ1n) is 5.82. The molecule has 6 heteroatoms. The van der Waals surface area contributed by atoms with Crippen LogP contribution >= 0.6 is 0 Å². The number of hydrogen-bond acceptors (Lipinski definition) is 4. The number of ketones is 1. The average Bonchev–Trinajstić information content (AvgIpc) is 2.64. The lowest BCUT2D eigenvalue weighted by atomic mass is 10.1. The summed E-state index contributed by atoms with van der Waals surface area (Å²) >= 11 is 0. The number of rotatable bonds is 3. The second kappa shape index (κ2) is 4.79. The Morgan fingerprint density at radius 1 is 1.42 bits per heavy atom. The van der Waals surface area contributed by atoms with Crippen molar-refractivity contribution in [3.8, 4) is 0 Å². The molecule has 2 rings (SSSR count). The molecule has 0 N–H and O–H groups in total. The number of Topliss-reactive ketones (excluding diaryl/α,β-unsaturated/α-hetero) is 1. The van der Waals surface area contributed by atoms with E-state index in [9.17, 15) is 18.8 Å². The molecule has 0 saturated carbocycles. The monoisotopic (exact) mass is 265 g/mol. The number of esters is 1. The average molecular weight is 265 g/mol. The molecular formula is C13H12FNO4. The van der Waals surface area contributed by atoms with Crippen LogP contribution in [0.2, 0.25) is 0 Å². The summed E-state index contributed by atoms with van der Waals surface area (Å²) in [7, 11) is 0. The van der Waals surface area contributed by atoms with Crippen molar-refractivity contribution in [2.24, 2.45) is 0 Å². The van der Waals surface area contributed by atoms with Gasteiger partial charge in [-0.05, 0) is 26.0 Å². The van der Waals surface area contributed by atoms with E-state index >= 15 is 0 Å². The summed E-state index contributed by atoms with van der Waals surface area (Å²) in [6, 6.07) is 2.79. The molecule has 1 heterocycles. The highest BCUT2D eigenvalue weighted by Crippen LogP contribution is 2.33. The second-order valence-electron chi connectivity index (χ2n) is 4.07. The van der Waals surface area contributed by atoms with Gasteiger partial charge in [0.05, 0.1) is 17.9 Å². The van der Waals surface area contributed by atoms with E-state index < -0.39 is 29.5 Å². The maximum Gasteiger partial charge on any atom is 0.328 e. The number of benzene rings is 1. The Bertz CT molecular complexity index is 570. The van der Waals surface area contributed by atoms with E-state index in [2.05, 4.69) is 0 Å². The highest BCUT2D eigenvalue weighted by atomic mass is 19.1. The smallest absolute Gasteiger partial charge is 0.328 e. The van der Waals surface area contributed by atoms with E-state index in [1.165, 1.54) is 19.1 Å². The van der Waals surface area contributed by atoms with Crippen LogP contribution in [0.3, 0.4) is 0 Å². The van der Waals surface area contributed by atoms with Crippen molar-refractivity contribution >= 4 is 23.3 Å². The van der Waals surface area contributed by atoms with Crippen LogP contribution in [0.25, 0.3) is 0 Å². The van der Waals surface area contributed by atoms with Crippen LogP contribution in [-0.4, -0.2) is 30.3 Å². The predicted molar refractivity (Wildman–Crippen MR) is 64.3 cm³/mol. The number of nitrogens with zero attached hydrogens (tertiary/aromatic N) is 1. The number of carbonyl (C=O) groups is 3. The van der Waals surface area contributed by atoms with Crippen molar-refractivity contribution in [1.29, 1.82) is 0 Å². The molecule has 1 aromatic rings. The number of ether oxygens (including phenoxy) is 1. The van der Waals surface area contributed by atoms with Gasteiger partial charge in [0.25, 0.3) is 11.7 Å². The van der Waals surface area contributed by atoms with E-state index in [0.717, 1.165) is 11.0 Å².